The molecule has 4 nitrogen and oxygen atoms in total. The lowest BCUT2D eigenvalue weighted by Crippen LogP contribution is -2.48. The van der Waals surface area contributed by atoms with Crippen molar-refractivity contribution in [1.82, 2.24) is 5.32 Å². The van der Waals surface area contributed by atoms with E-state index in [4.69, 9.17) is 9.47 Å². The third kappa shape index (κ3) is 7.79. The van der Waals surface area contributed by atoms with E-state index in [-0.39, 0.29) is 6.42 Å². The summed E-state index contributed by atoms with van der Waals surface area (Å²) >= 11 is 3.37. The Balaban J connectivity index is 2.77. The summed E-state index contributed by atoms with van der Waals surface area (Å²) in [6.45, 7) is 8.27. The van der Waals surface area contributed by atoms with Gasteiger partial charge in [-0.25, -0.2) is 4.79 Å². The van der Waals surface area contributed by atoms with Crippen LogP contribution in [-0.2, 0) is 9.47 Å². The van der Waals surface area contributed by atoms with Crippen LogP contribution in [0.3, 0.4) is 0 Å². The molecule has 0 aliphatic rings. The average Bonchev–Trinajstić information content (AvgIpc) is 2.35. The van der Waals surface area contributed by atoms with Crippen molar-refractivity contribution in [3.8, 4) is 0 Å². The molecule has 0 aliphatic heterocycles. The second-order valence-corrected chi connectivity index (χ2v) is 7.69. The molecule has 0 aliphatic carbocycles. The van der Waals surface area contributed by atoms with Crippen molar-refractivity contribution in [2.24, 2.45) is 0 Å². The Hall–Kier alpha value is -1.14. The third-order valence-corrected chi connectivity index (χ3v) is 3.38. The molecule has 1 N–H and O–H groups in total. The predicted octanol–water partition coefficient (Wildman–Crippen LogP) is 5.13. The van der Waals surface area contributed by atoms with Gasteiger partial charge in [-0.3, -0.25) is 9.71 Å². The summed E-state index contributed by atoms with van der Waals surface area (Å²) in [7, 11) is 0. The molecule has 0 aromatic heterocycles. The molecule has 0 radical (unpaired) electrons. The van der Waals surface area contributed by atoms with E-state index in [0.717, 1.165) is 10.0 Å². The van der Waals surface area contributed by atoms with Crippen LogP contribution in [0.25, 0.3) is 0 Å². The van der Waals surface area contributed by atoms with Gasteiger partial charge in [0.15, 0.2) is 0 Å². The van der Waals surface area contributed by atoms with Crippen LogP contribution in [0.5, 0.6) is 0 Å². The molecular weight excluding hydrogens is 365 g/mol. The number of alkyl carbamates (subject to hydrolysis) is 1. The zero-order valence-corrected chi connectivity index (χ0v) is 15.9. The molecule has 1 rings (SSSR count). The maximum Gasteiger partial charge on any atom is 0.409 e. The molecule has 0 unspecified atom stereocenters. The summed E-state index contributed by atoms with van der Waals surface area (Å²) < 4.78 is 25.0. The predicted molar refractivity (Wildman–Crippen MR) is 92.0 cm³/mol. The topological polar surface area (TPSA) is 47.6 Å². The normalized spacial score (nSPS) is 13.5. The zero-order chi connectivity index (χ0) is 17.7. The van der Waals surface area contributed by atoms with Gasteiger partial charge in [-0.05, 0) is 52.3 Å². The van der Waals surface area contributed by atoms with Crippen LogP contribution < -0.4 is 5.32 Å². The Morgan fingerprint density at radius 2 is 1.78 bits per heavy atom. The quantitative estimate of drug-likeness (QED) is 0.686. The van der Waals surface area contributed by atoms with E-state index in [2.05, 4.69) is 21.2 Å². The number of benzene rings is 1. The highest BCUT2D eigenvalue weighted by molar-refractivity contribution is 9.10. The number of carbonyl (C=O) groups is 1. The lowest BCUT2D eigenvalue weighted by molar-refractivity contribution is -0.0979. The number of halogens is 2. The Labute approximate surface area is 145 Å². The molecule has 1 amide bonds. The molecule has 6 heteroatoms. The van der Waals surface area contributed by atoms with Gasteiger partial charge in [-0.2, -0.15) is 0 Å². The molecule has 0 spiro atoms. The van der Waals surface area contributed by atoms with E-state index in [1.165, 1.54) is 0 Å². The lowest BCUT2D eigenvalue weighted by atomic mass is 10.1. The van der Waals surface area contributed by atoms with Gasteiger partial charge >= 0.3 is 6.09 Å². The zero-order valence-electron chi connectivity index (χ0n) is 14.3. The highest BCUT2D eigenvalue weighted by Gasteiger charge is 2.28. The fourth-order valence-electron chi connectivity index (χ4n) is 2.00. The van der Waals surface area contributed by atoms with E-state index < -0.39 is 30.2 Å². The van der Waals surface area contributed by atoms with Crippen LogP contribution in [0.1, 0.15) is 52.7 Å². The minimum Gasteiger partial charge on any atom is -0.444 e. The fraction of sp³-hybridized carbons (Fsp3) is 0.588. The minimum atomic E-state index is -0.991. The number of rotatable bonds is 6. The van der Waals surface area contributed by atoms with Gasteiger partial charge in [0, 0.05) is 10.9 Å². The number of alkyl halides is 1. The molecule has 0 heterocycles. The lowest BCUT2D eigenvalue weighted by Gasteiger charge is -2.32. The first-order valence-corrected chi connectivity index (χ1v) is 8.32. The first-order valence-electron chi connectivity index (χ1n) is 7.53. The Kier molecular flexibility index (Phi) is 7.02. The van der Waals surface area contributed by atoms with Crippen LogP contribution >= 0.6 is 15.9 Å². The van der Waals surface area contributed by atoms with E-state index in [0.29, 0.717) is 0 Å². The molecule has 0 saturated carbocycles. The third-order valence-electron chi connectivity index (χ3n) is 2.85. The van der Waals surface area contributed by atoms with Crippen LogP contribution in [0.2, 0.25) is 0 Å². The molecule has 1 aromatic carbocycles. The largest absolute Gasteiger partial charge is 0.444 e. The van der Waals surface area contributed by atoms with Gasteiger partial charge in [0.1, 0.15) is 11.3 Å². The molecule has 0 saturated heterocycles. The monoisotopic (exact) mass is 389 g/mol. The summed E-state index contributed by atoms with van der Waals surface area (Å²) in [6, 6.07) is 7.48. The van der Waals surface area contributed by atoms with Crippen LogP contribution in [0.4, 0.5) is 9.18 Å². The number of hydrogen-bond donors (Lipinski definition) is 1. The van der Waals surface area contributed by atoms with Crippen molar-refractivity contribution in [2.75, 3.05) is 6.67 Å². The Bertz CT molecular complexity index is 512. The van der Waals surface area contributed by atoms with E-state index in [9.17, 15) is 9.18 Å². The molecular formula is C17H25BrFNO3. The van der Waals surface area contributed by atoms with Crippen molar-refractivity contribution >= 4 is 22.0 Å². The van der Waals surface area contributed by atoms with Gasteiger partial charge in [-0.15, -0.1) is 0 Å². The highest BCUT2D eigenvalue weighted by Crippen LogP contribution is 2.27. The van der Waals surface area contributed by atoms with Gasteiger partial charge in [0.2, 0.25) is 0 Å². The minimum absolute atomic E-state index is 0.209. The number of nitrogens with one attached hydrogen (secondary N) is 1. The smallest absolute Gasteiger partial charge is 0.409 e. The first-order chi connectivity index (χ1) is 10.5. The van der Waals surface area contributed by atoms with Crippen molar-refractivity contribution in [3.05, 3.63) is 34.3 Å². The SMILES string of the molecule is CC(C)(C)OC(=O)NC(C)(C)O[C@@H](CCF)c1ccc(Br)cc1. The fourth-order valence-corrected chi connectivity index (χ4v) is 2.27. The Morgan fingerprint density at radius 3 is 2.26 bits per heavy atom. The molecule has 0 bridgehead atoms. The molecule has 1 aromatic rings. The van der Waals surface area contributed by atoms with E-state index >= 15 is 0 Å². The maximum atomic E-state index is 12.9. The summed E-state index contributed by atoms with van der Waals surface area (Å²) in [5.74, 6) is 0. The molecule has 130 valence electrons. The standard InChI is InChI=1S/C17H25BrFNO3/c1-16(2,3)23-15(21)20-17(4,5)22-14(10-11-19)12-6-8-13(18)9-7-12/h6-9,14H,10-11H2,1-5H3,(H,20,21)/t14-/m0/s1. The van der Waals surface area contributed by atoms with Crippen molar-refractivity contribution in [2.45, 2.75) is 58.5 Å². The molecule has 0 fully saturated rings. The van der Waals surface area contributed by atoms with Crippen molar-refractivity contribution < 1.29 is 18.7 Å². The second kappa shape index (κ2) is 8.11. The van der Waals surface area contributed by atoms with Crippen molar-refractivity contribution in [3.63, 3.8) is 0 Å². The summed E-state index contributed by atoms with van der Waals surface area (Å²) in [5, 5.41) is 2.67. The number of ether oxygens (including phenoxy) is 2. The van der Waals surface area contributed by atoms with Crippen LogP contribution in [0.15, 0.2) is 28.7 Å². The van der Waals surface area contributed by atoms with Crippen LogP contribution in [0, 0.1) is 0 Å². The van der Waals surface area contributed by atoms with Gasteiger partial charge in [-0.1, -0.05) is 28.1 Å². The van der Waals surface area contributed by atoms with Crippen molar-refractivity contribution in [1.29, 1.82) is 0 Å². The van der Waals surface area contributed by atoms with Crippen LogP contribution in [-0.4, -0.2) is 24.1 Å². The maximum absolute atomic E-state index is 12.9. The second-order valence-electron chi connectivity index (χ2n) is 6.77. The summed E-state index contributed by atoms with van der Waals surface area (Å²) in [4.78, 5) is 11.9. The highest BCUT2D eigenvalue weighted by atomic mass is 79.9. The van der Waals surface area contributed by atoms with Gasteiger partial charge < -0.3 is 9.47 Å². The molecule has 1 atom stereocenters. The first kappa shape index (κ1) is 19.9. The van der Waals surface area contributed by atoms with Gasteiger partial charge in [0.05, 0.1) is 12.8 Å². The van der Waals surface area contributed by atoms with E-state index in [1.807, 2.05) is 24.3 Å². The number of hydrogen-bond acceptors (Lipinski definition) is 3. The summed E-state index contributed by atoms with van der Waals surface area (Å²) in [5.41, 5.74) is -0.732. The average molecular weight is 390 g/mol. The molecule has 23 heavy (non-hydrogen) atoms. The number of amides is 1. The Morgan fingerprint density at radius 1 is 1.22 bits per heavy atom. The van der Waals surface area contributed by atoms with E-state index in [1.54, 1.807) is 34.6 Å². The van der Waals surface area contributed by atoms with Gasteiger partial charge in [0.25, 0.3) is 0 Å². The number of carbonyl (C=O) groups excluding carboxylic acids is 1. The summed E-state index contributed by atoms with van der Waals surface area (Å²) in [6.07, 6.45) is -0.823.